The standard InChI is InChI=1S/C44H80N6O15/c1-7-11-15-57-25-43(5,26-58-16-12-8-2)29-61-23-31-19-49(47-45-31)21-33-35(51)37(53)39(55)41(63-33)65-42-40(56)38(54)36(52)34(64-42)22-50-20-32(46-48-50)24-62-30-44(6,27-59-17-13-9-3)28-60-18-14-10-4/h19-20,33-42,51-56H,7-18,21-30H2,1-6H3/t33?,34?,35-,36-,37+,38?,39?,40?,41-,42-/m1/s1. The molecule has 2 aliphatic rings. The van der Waals surface area contributed by atoms with E-state index in [2.05, 4.69) is 62.2 Å². The van der Waals surface area contributed by atoms with Crippen molar-refractivity contribution in [1.29, 1.82) is 0 Å². The van der Waals surface area contributed by atoms with Gasteiger partial charge in [-0.05, 0) is 25.7 Å². The van der Waals surface area contributed by atoms with E-state index in [0.29, 0.717) is 77.5 Å². The zero-order chi connectivity index (χ0) is 47.2. The zero-order valence-electron chi connectivity index (χ0n) is 39.5. The van der Waals surface area contributed by atoms with Gasteiger partial charge in [-0.25, -0.2) is 9.36 Å². The van der Waals surface area contributed by atoms with Crippen LogP contribution in [0.25, 0.3) is 0 Å². The van der Waals surface area contributed by atoms with Crippen molar-refractivity contribution in [1.82, 2.24) is 30.0 Å². The Morgan fingerprint density at radius 3 is 1.14 bits per heavy atom. The van der Waals surface area contributed by atoms with E-state index in [1.54, 1.807) is 12.4 Å². The van der Waals surface area contributed by atoms with Crippen molar-refractivity contribution >= 4 is 0 Å². The number of ether oxygens (including phenoxy) is 9. The van der Waals surface area contributed by atoms with Gasteiger partial charge in [0.15, 0.2) is 12.6 Å². The van der Waals surface area contributed by atoms with Crippen LogP contribution < -0.4 is 0 Å². The zero-order valence-corrected chi connectivity index (χ0v) is 39.5. The predicted octanol–water partition coefficient (Wildman–Crippen LogP) is 1.51. The molecule has 0 bridgehead atoms. The molecule has 2 saturated heterocycles. The summed E-state index contributed by atoms with van der Waals surface area (Å²) >= 11 is 0. The first-order chi connectivity index (χ1) is 31.2. The summed E-state index contributed by atoms with van der Waals surface area (Å²) in [4.78, 5) is 0. The Morgan fingerprint density at radius 2 is 0.815 bits per heavy atom. The monoisotopic (exact) mass is 933 g/mol. The molecular formula is C44H80N6O15. The molecule has 65 heavy (non-hydrogen) atoms. The minimum Gasteiger partial charge on any atom is -0.388 e. The van der Waals surface area contributed by atoms with Gasteiger partial charge in [-0.15, -0.1) is 10.2 Å². The minimum absolute atomic E-state index is 0.110. The minimum atomic E-state index is -1.78. The fourth-order valence-corrected chi connectivity index (χ4v) is 7.16. The molecule has 0 saturated carbocycles. The topological polar surface area (TPSA) is 266 Å². The summed E-state index contributed by atoms with van der Waals surface area (Å²) in [6.07, 6.45) is -4.50. The van der Waals surface area contributed by atoms with Gasteiger partial charge in [-0.2, -0.15) is 0 Å². The molecule has 0 aromatic carbocycles. The van der Waals surface area contributed by atoms with E-state index in [1.165, 1.54) is 9.36 Å². The SMILES string of the molecule is CCCCOCC(C)(COCCCC)COCc1cn(CC2O[C@H](O[C@H]3OC(Cn4cc(COCC(C)(COCCCC)COCCCC)nn4)[C@@H](O)[C@H](O)C3O)C(O)C(O)[C@@H]2O)nn1. The Balaban J connectivity index is 1.30. The summed E-state index contributed by atoms with van der Waals surface area (Å²) in [6.45, 7) is 17.9. The first-order valence-corrected chi connectivity index (χ1v) is 23.5. The molecule has 2 fully saturated rings. The number of nitrogens with zero attached hydrogens (tertiary/aromatic N) is 6. The molecule has 4 rings (SSSR count). The second-order valence-electron chi connectivity index (χ2n) is 18.3. The number of aliphatic hydroxyl groups excluding tert-OH is 6. The van der Waals surface area contributed by atoms with Crippen molar-refractivity contribution in [2.75, 3.05) is 66.1 Å². The molecule has 21 nitrogen and oxygen atoms in total. The highest BCUT2D eigenvalue weighted by Crippen LogP contribution is 2.30. The van der Waals surface area contributed by atoms with E-state index in [1.807, 2.05) is 0 Å². The highest BCUT2D eigenvalue weighted by atomic mass is 16.8. The number of hydrogen-bond acceptors (Lipinski definition) is 19. The molecule has 6 N–H and O–H groups in total. The average molecular weight is 933 g/mol. The summed E-state index contributed by atoms with van der Waals surface area (Å²) in [6, 6.07) is 0. The molecule has 376 valence electrons. The molecule has 0 radical (unpaired) electrons. The van der Waals surface area contributed by atoms with Crippen LogP contribution in [0, 0.1) is 10.8 Å². The van der Waals surface area contributed by atoms with Crippen molar-refractivity contribution in [2.24, 2.45) is 10.8 Å². The molecule has 0 amide bonds. The smallest absolute Gasteiger partial charge is 0.189 e. The van der Waals surface area contributed by atoms with Crippen molar-refractivity contribution in [3.8, 4) is 0 Å². The van der Waals surface area contributed by atoms with E-state index in [-0.39, 0.29) is 37.1 Å². The van der Waals surface area contributed by atoms with Crippen LogP contribution in [0.15, 0.2) is 12.4 Å². The van der Waals surface area contributed by atoms with Gasteiger partial charge in [0.05, 0.1) is 78.3 Å². The van der Waals surface area contributed by atoms with Gasteiger partial charge < -0.3 is 73.3 Å². The third-order valence-corrected chi connectivity index (χ3v) is 11.3. The summed E-state index contributed by atoms with van der Waals surface area (Å²) in [5.41, 5.74) is 0.255. The number of rotatable bonds is 34. The number of hydrogen-bond donors (Lipinski definition) is 6. The van der Waals surface area contributed by atoms with E-state index in [4.69, 9.17) is 42.6 Å². The van der Waals surface area contributed by atoms with Crippen LogP contribution in [0.4, 0.5) is 0 Å². The second-order valence-corrected chi connectivity index (χ2v) is 18.3. The second kappa shape index (κ2) is 28.9. The lowest BCUT2D eigenvalue weighted by Crippen LogP contribution is -2.63. The summed E-state index contributed by atoms with van der Waals surface area (Å²) < 4.78 is 56.2. The van der Waals surface area contributed by atoms with E-state index < -0.39 is 61.4 Å². The molecule has 2 aromatic heterocycles. The van der Waals surface area contributed by atoms with Gasteiger partial charge in [0.2, 0.25) is 0 Å². The predicted molar refractivity (Wildman–Crippen MR) is 233 cm³/mol. The molecule has 4 heterocycles. The van der Waals surface area contributed by atoms with Crippen LogP contribution in [-0.4, -0.2) is 188 Å². The van der Waals surface area contributed by atoms with Crippen LogP contribution >= 0.6 is 0 Å². The maximum absolute atomic E-state index is 10.9. The molecule has 21 heteroatoms. The molecule has 10 atom stereocenters. The lowest BCUT2D eigenvalue weighted by molar-refractivity contribution is -0.375. The van der Waals surface area contributed by atoms with Crippen LogP contribution in [0.5, 0.6) is 0 Å². The average Bonchev–Trinajstić information content (AvgIpc) is 3.94. The highest BCUT2D eigenvalue weighted by Gasteiger charge is 2.50. The van der Waals surface area contributed by atoms with Crippen LogP contribution in [0.1, 0.15) is 104 Å². The normalized spacial score (nSPS) is 26.6. The van der Waals surface area contributed by atoms with E-state index >= 15 is 0 Å². The third kappa shape index (κ3) is 18.3. The fourth-order valence-electron chi connectivity index (χ4n) is 7.16. The number of unbranched alkanes of at least 4 members (excludes halogenated alkanes) is 4. The maximum atomic E-state index is 10.9. The number of aromatic nitrogens is 6. The van der Waals surface area contributed by atoms with Crippen LogP contribution in [0.2, 0.25) is 0 Å². The number of aliphatic hydroxyl groups is 6. The van der Waals surface area contributed by atoms with Crippen molar-refractivity contribution in [3.63, 3.8) is 0 Å². The molecule has 5 unspecified atom stereocenters. The van der Waals surface area contributed by atoms with Gasteiger partial charge in [-0.1, -0.05) is 77.7 Å². The summed E-state index contributed by atoms with van der Waals surface area (Å²) in [7, 11) is 0. The quantitative estimate of drug-likeness (QED) is 0.0543. The molecule has 0 spiro atoms. The van der Waals surface area contributed by atoms with Crippen molar-refractivity contribution in [2.45, 2.75) is 181 Å². The summed E-state index contributed by atoms with van der Waals surface area (Å²) in [5.74, 6) is 0. The Labute approximate surface area is 383 Å². The molecule has 2 aliphatic heterocycles. The summed E-state index contributed by atoms with van der Waals surface area (Å²) in [5, 5.41) is 81.8. The third-order valence-electron chi connectivity index (χ3n) is 11.3. The van der Waals surface area contributed by atoms with E-state index in [9.17, 15) is 30.6 Å². The Hall–Kier alpha value is -2.32. The van der Waals surface area contributed by atoms with Crippen molar-refractivity contribution in [3.05, 3.63) is 23.8 Å². The first kappa shape index (κ1) is 55.3. The molecule has 2 aromatic rings. The lowest BCUT2D eigenvalue weighted by Gasteiger charge is -2.45. The Bertz CT molecular complexity index is 1420. The lowest BCUT2D eigenvalue weighted by atomic mass is 9.94. The van der Waals surface area contributed by atoms with Gasteiger partial charge in [0.1, 0.15) is 60.2 Å². The van der Waals surface area contributed by atoms with Gasteiger partial charge in [0.25, 0.3) is 0 Å². The molecular weight excluding hydrogens is 853 g/mol. The van der Waals surface area contributed by atoms with Gasteiger partial charge >= 0.3 is 0 Å². The fraction of sp³-hybridized carbons (Fsp3) is 0.909. The van der Waals surface area contributed by atoms with Crippen molar-refractivity contribution < 1.29 is 73.3 Å². The van der Waals surface area contributed by atoms with Gasteiger partial charge in [-0.3, -0.25) is 0 Å². The first-order valence-electron chi connectivity index (χ1n) is 23.5. The van der Waals surface area contributed by atoms with Gasteiger partial charge in [0, 0.05) is 37.3 Å². The van der Waals surface area contributed by atoms with Crippen LogP contribution in [0.3, 0.4) is 0 Å². The Kier molecular flexibility index (Phi) is 24.6. The maximum Gasteiger partial charge on any atom is 0.189 e. The largest absolute Gasteiger partial charge is 0.388 e. The Morgan fingerprint density at radius 1 is 0.492 bits per heavy atom. The van der Waals surface area contributed by atoms with Crippen LogP contribution in [-0.2, 0) is 68.9 Å². The highest BCUT2D eigenvalue weighted by molar-refractivity contribution is 4.96. The van der Waals surface area contributed by atoms with E-state index in [0.717, 1.165) is 51.4 Å². The molecule has 0 aliphatic carbocycles.